The fraction of sp³-hybridized carbons (Fsp3) is 0.594. The van der Waals surface area contributed by atoms with Gasteiger partial charge in [0.1, 0.15) is 5.54 Å². The number of rotatable bonds is 6. The number of carbonyl (C=O) groups is 1. The number of piperidine rings is 1. The molecule has 2 saturated heterocycles. The Hall–Kier alpha value is -2.04. The van der Waals surface area contributed by atoms with Gasteiger partial charge in [-0.3, -0.25) is 4.79 Å². The number of hydrogen-bond donors (Lipinski definition) is 0. The lowest BCUT2D eigenvalue weighted by molar-refractivity contribution is -0.133. The highest BCUT2D eigenvalue weighted by atomic mass is 35.5. The zero-order valence-electron chi connectivity index (χ0n) is 22.5. The van der Waals surface area contributed by atoms with Gasteiger partial charge in [-0.05, 0) is 56.2 Å². The largest absolute Gasteiger partial charge is 0.339 e. The van der Waals surface area contributed by atoms with E-state index in [1.54, 1.807) is 0 Å². The van der Waals surface area contributed by atoms with E-state index in [1.165, 1.54) is 69.0 Å². The van der Waals surface area contributed by atoms with Gasteiger partial charge in [0.15, 0.2) is 0 Å². The lowest BCUT2D eigenvalue weighted by Gasteiger charge is -2.45. The summed E-state index contributed by atoms with van der Waals surface area (Å²) in [4.78, 5) is 21.4. The molecule has 1 aliphatic carbocycles. The average molecular weight is 524 g/mol. The third-order valence-corrected chi connectivity index (χ3v) is 9.03. The van der Waals surface area contributed by atoms with E-state index in [4.69, 9.17) is 0 Å². The first-order chi connectivity index (χ1) is 17.8. The predicted octanol–water partition coefficient (Wildman–Crippen LogP) is 7.08. The van der Waals surface area contributed by atoms with Crippen molar-refractivity contribution in [1.82, 2.24) is 9.80 Å². The van der Waals surface area contributed by atoms with Gasteiger partial charge >= 0.3 is 0 Å². The zero-order chi connectivity index (χ0) is 24.6. The number of nitrogens with zero attached hydrogens (tertiary/aromatic N) is 3. The highest BCUT2D eigenvalue weighted by Crippen LogP contribution is 2.40. The van der Waals surface area contributed by atoms with E-state index < -0.39 is 0 Å². The van der Waals surface area contributed by atoms with Crippen molar-refractivity contribution in [3.63, 3.8) is 0 Å². The van der Waals surface area contributed by atoms with Crippen molar-refractivity contribution in [2.45, 2.75) is 95.1 Å². The van der Waals surface area contributed by atoms with Crippen molar-refractivity contribution in [3.05, 3.63) is 66.2 Å². The van der Waals surface area contributed by atoms with Crippen LogP contribution in [-0.2, 0) is 11.2 Å². The monoisotopic (exact) mass is 523 g/mol. The van der Waals surface area contributed by atoms with E-state index in [-0.39, 0.29) is 17.9 Å². The number of likely N-dealkylation sites (tertiary alicyclic amines) is 1. The van der Waals surface area contributed by atoms with Crippen LogP contribution in [-0.4, -0.2) is 53.6 Å². The first-order valence-corrected chi connectivity index (χ1v) is 14.7. The maximum atomic E-state index is 14.0. The fourth-order valence-electron chi connectivity index (χ4n) is 6.90. The molecule has 3 fully saturated rings. The number of anilines is 1. The fourth-order valence-corrected chi connectivity index (χ4v) is 6.90. The van der Waals surface area contributed by atoms with E-state index >= 15 is 0 Å². The minimum absolute atomic E-state index is 0. The van der Waals surface area contributed by atoms with Crippen molar-refractivity contribution < 1.29 is 4.79 Å². The third kappa shape index (κ3) is 6.70. The van der Waals surface area contributed by atoms with E-state index in [0.717, 1.165) is 52.0 Å². The molecule has 5 rings (SSSR count). The molecule has 1 amide bonds. The van der Waals surface area contributed by atoms with E-state index in [0.29, 0.717) is 11.9 Å². The molecule has 1 spiro atoms. The summed E-state index contributed by atoms with van der Waals surface area (Å²) in [5.41, 5.74) is 2.18. The minimum atomic E-state index is -0.374. The third-order valence-electron chi connectivity index (χ3n) is 9.03. The Kier molecular flexibility index (Phi) is 10.3. The van der Waals surface area contributed by atoms with Crippen LogP contribution < -0.4 is 4.90 Å². The van der Waals surface area contributed by atoms with Crippen LogP contribution in [0.1, 0.15) is 82.6 Å². The summed E-state index contributed by atoms with van der Waals surface area (Å²) < 4.78 is 0. The normalized spacial score (nSPS) is 21.7. The molecule has 0 radical (unpaired) electrons. The summed E-state index contributed by atoms with van der Waals surface area (Å²) in [6.45, 7) is 3.67. The first-order valence-electron chi connectivity index (χ1n) is 14.7. The van der Waals surface area contributed by atoms with Crippen LogP contribution in [0.5, 0.6) is 0 Å². The molecule has 2 aromatic rings. The topological polar surface area (TPSA) is 26.8 Å². The van der Waals surface area contributed by atoms with Crippen LogP contribution in [0.2, 0.25) is 0 Å². The molecule has 0 unspecified atom stereocenters. The summed E-state index contributed by atoms with van der Waals surface area (Å²) >= 11 is 0. The van der Waals surface area contributed by atoms with E-state index in [9.17, 15) is 4.79 Å². The maximum absolute atomic E-state index is 14.0. The van der Waals surface area contributed by atoms with Gasteiger partial charge in [-0.25, -0.2) is 0 Å². The zero-order valence-corrected chi connectivity index (χ0v) is 23.3. The van der Waals surface area contributed by atoms with Crippen LogP contribution in [0, 0.1) is 0 Å². The van der Waals surface area contributed by atoms with Gasteiger partial charge in [0.25, 0.3) is 0 Å². The van der Waals surface area contributed by atoms with Gasteiger partial charge in [0.2, 0.25) is 5.91 Å². The van der Waals surface area contributed by atoms with Crippen molar-refractivity contribution in [2.75, 3.05) is 31.2 Å². The van der Waals surface area contributed by atoms with Crippen molar-refractivity contribution in [3.8, 4) is 0 Å². The number of carbonyl (C=O) groups excluding carboxylic acids is 1. The number of amides is 1. The standard InChI is InChI=1S/C32H45N3O.ClH/c36-31-32(22-25-33(26-23-32)29-18-10-4-2-1-3-5-11-19-29)35(30-20-12-7-13-21-30)27-34(31)24-14-17-28-15-8-6-9-16-28;/h6-9,12-13,15-16,20-21,29H,1-5,10-11,14,17-19,22-27H2;1H. The molecule has 2 aromatic carbocycles. The van der Waals surface area contributed by atoms with E-state index in [2.05, 4.69) is 75.4 Å². The quantitative estimate of drug-likeness (QED) is 0.405. The summed E-state index contributed by atoms with van der Waals surface area (Å²) in [6.07, 6.45) is 16.4. The van der Waals surface area contributed by atoms with Crippen molar-refractivity contribution >= 4 is 24.0 Å². The van der Waals surface area contributed by atoms with Crippen LogP contribution >= 0.6 is 12.4 Å². The minimum Gasteiger partial charge on any atom is -0.339 e. The molecule has 0 aromatic heterocycles. The maximum Gasteiger partial charge on any atom is 0.250 e. The Balaban J connectivity index is 0.00000320. The highest BCUT2D eigenvalue weighted by Gasteiger charge is 2.53. The van der Waals surface area contributed by atoms with Crippen LogP contribution in [0.15, 0.2) is 60.7 Å². The second kappa shape index (κ2) is 13.7. The molecule has 0 atom stereocenters. The van der Waals surface area contributed by atoms with Crippen molar-refractivity contribution in [1.29, 1.82) is 0 Å². The summed E-state index contributed by atoms with van der Waals surface area (Å²) in [5.74, 6) is 0.366. The van der Waals surface area contributed by atoms with Crippen LogP contribution in [0.4, 0.5) is 5.69 Å². The Morgan fingerprint density at radius 2 is 1.32 bits per heavy atom. The number of hydrogen-bond acceptors (Lipinski definition) is 3. The van der Waals surface area contributed by atoms with Crippen molar-refractivity contribution in [2.24, 2.45) is 0 Å². The molecular weight excluding hydrogens is 478 g/mol. The summed E-state index contributed by atoms with van der Waals surface area (Å²) in [7, 11) is 0. The van der Waals surface area contributed by atoms with Gasteiger partial charge in [-0.15, -0.1) is 12.4 Å². The molecule has 2 heterocycles. The number of aryl methyl sites for hydroxylation is 1. The molecule has 37 heavy (non-hydrogen) atoms. The SMILES string of the molecule is Cl.O=C1N(CCCc2ccccc2)CN(c2ccccc2)C12CCN(C1CCCCCCCCC1)CC2. The molecule has 4 nitrogen and oxygen atoms in total. The first kappa shape index (κ1) is 28.0. The Morgan fingerprint density at radius 1 is 0.757 bits per heavy atom. The number of para-hydroxylation sites is 1. The van der Waals surface area contributed by atoms with Gasteiger partial charge < -0.3 is 14.7 Å². The Labute approximate surface area is 230 Å². The van der Waals surface area contributed by atoms with Gasteiger partial charge in [0.05, 0.1) is 6.67 Å². The number of benzene rings is 2. The van der Waals surface area contributed by atoms with Gasteiger partial charge in [0, 0.05) is 31.4 Å². The molecule has 3 aliphatic rings. The van der Waals surface area contributed by atoms with E-state index in [1.807, 2.05) is 0 Å². The smallest absolute Gasteiger partial charge is 0.250 e. The molecule has 2 aliphatic heterocycles. The Morgan fingerprint density at radius 3 is 1.95 bits per heavy atom. The second-order valence-corrected chi connectivity index (χ2v) is 11.3. The second-order valence-electron chi connectivity index (χ2n) is 11.3. The lowest BCUT2D eigenvalue weighted by Crippen LogP contribution is -2.58. The number of halogens is 1. The molecular formula is C32H46ClN3O. The lowest BCUT2D eigenvalue weighted by atomic mass is 9.84. The van der Waals surface area contributed by atoms with Crippen LogP contribution in [0.3, 0.4) is 0 Å². The molecule has 1 saturated carbocycles. The Bertz CT molecular complexity index is 935. The summed E-state index contributed by atoms with van der Waals surface area (Å²) in [6, 6.07) is 22.1. The summed E-state index contributed by atoms with van der Waals surface area (Å²) in [5, 5.41) is 0. The highest BCUT2D eigenvalue weighted by molar-refractivity contribution is 5.93. The van der Waals surface area contributed by atoms with Crippen LogP contribution in [0.25, 0.3) is 0 Å². The van der Waals surface area contributed by atoms with Gasteiger partial charge in [-0.1, -0.05) is 93.5 Å². The molecule has 202 valence electrons. The molecule has 5 heteroatoms. The average Bonchev–Trinajstić information content (AvgIpc) is 3.19. The molecule has 0 bridgehead atoms. The molecule has 0 N–H and O–H groups in total. The van der Waals surface area contributed by atoms with Gasteiger partial charge in [-0.2, -0.15) is 0 Å². The predicted molar refractivity (Wildman–Crippen MR) is 156 cm³/mol.